The van der Waals surface area contributed by atoms with Crippen LogP contribution in [0.25, 0.3) is 0 Å². The van der Waals surface area contributed by atoms with Crippen molar-refractivity contribution in [3.63, 3.8) is 0 Å². The number of rotatable bonds is 10. The van der Waals surface area contributed by atoms with Crippen LogP contribution in [0.4, 0.5) is 0 Å². The molecule has 0 aliphatic heterocycles. The number of carbonyl (C=O) groups is 1. The minimum Gasteiger partial charge on any atom is -0.380 e. The highest BCUT2D eigenvalue weighted by atomic mass is 16.5. The van der Waals surface area contributed by atoms with Crippen molar-refractivity contribution in [2.75, 3.05) is 46.1 Å². The number of ether oxygens (including phenoxy) is 2. The summed E-state index contributed by atoms with van der Waals surface area (Å²) in [5, 5.41) is 0. The molecule has 0 aromatic heterocycles. The Bertz CT molecular complexity index is 269. The third-order valence-electron chi connectivity index (χ3n) is 4.26. The van der Waals surface area contributed by atoms with Gasteiger partial charge < -0.3 is 20.1 Å². The highest BCUT2D eigenvalue weighted by Gasteiger charge is 2.28. The first-order valence-electron chi connectivity index (χ1n) is 8.37. The lowest BCUT2D eigenvalue weighted by atomic mass is 9.81. The normalized spacial score (nSPS) is 22.2. The molecule has 0 aromatic carbocycles. The van der Waals surface area contributed by atoms with Gasteiger partial charge in [0.1, 0.15) is 0 Å². The van der Waals surface area contributed by atoms with Crippen LogP contribution in [0.2, 0.25) is 0 Å². The van der Waals surface area contributed by atoms with E-state index in [0.717, 1.165) is 32.2 Å². The third kappa shape index (κ3) is 6.76. The molecular formula is C16H32N2O3. The summed E-state index contributed by atoms with van der Waals surface area (Å²) in [6.45, 7) is 8.61. The van der Waals surface area contributed by atoms with Gasteiger partial charge in [-0.2, -0.15) is 0 Å². The van der Waals surface area contributed by atoms with Crippen LogP contribution in [0.15, 0.2) is 0 Å². The van der Waals surface area contributed by atoms with Crippen LogP contribution in [-0.4, -0.2) is 56.9 Å². The first kappa shape index (κ1) is 18.4. The van der Waals surface area contributed by atoms with Crippen molar-refractivity contribution in [3.8, 4) is 0 Å². The first-order valence-corrected chi connectivity index (χ1v) is 8.37. The molecule has 0 heterocycles. The predicted octanol–water partition coefficient (Wildman–Crippen LogP) is 1.65. The molecule has 0 unspecified atom stereocenters. The number of carbonyl (C=O) groups excluding carboxylic acids is 1. The number of nitrogens with zero attached hydrogens (tertiary/aromatic N) is 1. The lowest BCUT2D eigenvalue weighted by Crippen LogP contribution is -2.42. The average molecular weight is 300 g/mol. The topological polar surface area (TPSA) is 64.8 Å². The van der Waals surface area contributed by atoms with Gasteiger partial charge in [-0.3, -0.25) is 4.79 Å². The van der Waals surface area contributed by atoms with Gasteiger partial charge in [0.15, 0.2) is 0 Å². The van der Waals surface area contributed by atoms with Crippen molar-refractivity contribution in [1.82, 2.24) is 4.90 Å². The quantitative estimate of drug-likeness (QED) is 0.623. The van der Waals surface area contributed by atoms with Gasteiger partial charge in [0, 0.05) is 32.2 Å². The van der Waals surface area contributed by atoms with Crippen LogP contribution >= 0.6 is 0 Å². The Morgan fingerprint density at radius 2 is 1.57 bits per heavy atom. The zero-order valence-electron chi connectivity index (χ0n) is 13.7. The van der Waals surface area contributed by atoms with Crippen LogP contribution < -0.4 is 5.73 Å². The zero-order chi connectivity index (χ0) is 15.5. The Hall–Kier alpha value is -0.650. The second-order valence-electron chi connectivity index (χ2n) is 5.67. The molecule has 0 saturated heterocycles. The maximum atomic E-state index is 12.7. The van der Waals surface area contributed by atoms with E-state index in [-0.39, 0.29) is 11.8 Å². The second kappa shape index (κ2) is 11.0. The van der Waals surface area contributed by atoms with Gasteiger partial charge in [-0.15, -0.1) is 0 Å². The fraction of sp³-hybridized carbons (Fsp3) is 0.938. The van der Waals surface area contributed by atoms with Crippen molar-refractivity contribution in [2.45, 2.75) is 39.5 Å². The maximum Gasteiger partial charge on any atom is 0.225 e. The lowest BCUT2D eigenvalue weighted by molar-refractivity contribution is -0.138. The number of hydrogen-bond donors (Lipinski definition) is 1. The molecule has 1 aliphatic carbocycles. The zero-order valence-corrected chi connectivity index (χ0v) is 13.7. The highest BCUT2D eigenvalue weighted by Crippen LogP contribution is 2.29. The van der Waals surface area contributed by atoms with E-state index in [4.69, 9.17) is 15.2 Å². The minimum absolute atomic E-state index is 0.163. The summed E-state index contributed by atoms with van der Waals surface area (Å²) < 4.78 is 10.8. The molecule has 0 bridgehead atoms. The summed E-state index contributed by atoms with van der Waals surface area (Å²) in [5.41, 5.74) is 5.72. The first-order chi connectivity index (χ1) is 10.2. The molecule has 1 fully saturated rings. The van der Waals surface area contributed by atoms with Crippen molar-refractivity contribution >= 4 is 5.91 Å². The molecule has 5 nitrogen and oxygen atoms in total. The molecule has 0 spiro atoms. The number of hydrogen-bond acceptors (Lipinski definition) is 4. The maximum absolute atomic E-state index is 12.7. The van der Waals surface area contributed by atoms with E-state index >= 15 is 0 Å². The van der Waals surface area contributed by atoms with E-state index in [1.807, 2.05) is 18.7 Å². The monoisotopic (exact) mass is 300 g/mol. The second-order valence-corrected chi connectivity index (χ2v) is 5.67. The Morgan fingerprint density at radius 1 is 1.05 bits per heavy atom. The van der Waals surface area contributed by atoms with Gasteiger partial charge in [0.05, 0.1) is 13.2 Å². The van der Waals surface area contributed by atoms with Crippen molar-refractivity contribution in [2.24, 2.45) is 17.6 Å². The van der Waals surface area contributed by atoms with Gasteiger partial charge in [-0.05, 0) is 52.0 Å². The van der Waals surface area contributed by atoms with Crippen LogP contribution in [0.5, 0.6) is 0 Å². The van der Waals surface area contributed by atoms with E-state index in [2.05, 4.69) is 0 Å². The summed E-state index contributed by atoms with van der Waals surface area (Å²) in [7, 11) is 0. The summed E-state index contributed by atoms with van der Waals surface area (Å²) in [5.74, 6) is 1.04. The molecule has 0 radical (unpaired) electrons. The molecule has 1 amide bonds. The van der Waals surface area contributed by atoms with E-state index in [9.17, 15) is 4.79 Å². The van der Waals surface area contributed by atoms with Gasteiger partial charge in [0.25, 0.3) is 0 Å². The van der Waals surface area contributed by atoms with E-state index in [0.29, 0.717) is 45.4 Å². The van der Waals surface area contributed by atoms with Gasteiger partial charge in [-0.1, -0.05) is 0 Å². The van der Waals surface area contributed by atoms with E-state index in [1.54, 1.807) is 0 Å². The molecule has 1 aliphatic rings. The summed E-state index contributed by atoms with van der Waals surface area (Å²) in [4.78, 5) is 14.6. The molecule has 21 heavy (non-hydrogen) atoms. The third-order valence-corrected chi connectivity index (χ3v) is 4.26. The molecule has 1 saturated carbocycles. The lowest BCUT2D eigenvalue weighted by Gasteiger charge is -2.31. The molecule has 5 heteroatoms. The Kier molecular flexibility index (Phi) is 9.63. The highest BCUT2D eigenvalue weighted by molar-refractivity contribution is 5.79. The molecule has 124 valence electrons. The molecule has 0 atom stereocenters. The van der Waals surface area contributed by atoms with Crippen molar-refractivity contribution in [1.29, 1.82) is 0 Å². The largest absolute Gasteiger partial charge is 0.380 e. The minimum atomic E-state index is 0.163. The van der Waals surface area contributed by atoms with E-state index in [1.165, 1.54) is 0 Å². The van der Waals surface area contributed by atoms with Crippen molar-refractivity contribution < 1.29 is 14.3 Å². The standard InChI is InChI=1S/C16H32N2O3/c1-3-20-11-9-18(10-12-21-4-2)16(19)15-7-5-14(13-17)6-8-15/h14-15H,3-13,17H2,1-2H3. The van der Waals surface area contributed by atoms with Gasteiger partial charge >= 0.3 is 0 Å². The van der Waals surface area contributed by atoms with E-state index < -0.39 is 0 Å². The number of amides is 1. The molecule has 0 aromatic rings. The van der Waals surface area contributed by atoms with Gasteiger partial charge in [-0.25, -0.2) is 0 Å². The number of nitrogens with two attached hydrogens (primary N) is 1. The Labute approximate surface area is 129 Å². The molecule has 1 rings (SSSR count). The SMILES string of the molecule is CCOCCN(CCOCC)C(=O)C1CCC(CN)CC1. The van der Waals surface area contributed by atoms with Crippen LogP contribution in [-0.2, 0) is 14.3 Å². The smallest absolute Gasteiger partial charge is 0.225 e. The Morgan fingerprint density at radius 3 is 2.00 bits per heavy atom. The van der Waals surface area contributed by atoms with Crippen LogP contribution in [0, 0.1) is 11.8 Å². The fourth-order valence-corrected chi connectivity index (χ4v) is 2.87. The summed E-state index contributed by atoms with van der Waals surface area (Å²) in [6.07, 6.45) is 4.11. The summed E-state index contributed by atoms with van der Waals surface area (Å²) in [6, 6.07) is 0. The fourth-order valence-electron chi connectivity index (χ4n) is 2.87. The average Bonchev–Trinajstić information content (AvgIpc) is 2.53. The molecule has 2 N–H and O–H groups in total. The van der Waals surface area contributed by atoms with Crippen LogP contribution in [0.3, 0.4) is 0 Å². The Balaban J connectivity index is 2.44. The molecular weight excluding hydrogens is 268 g/mol. The van der Waals surface area contributed by atoms with Crippen molar-refractivity contribution in [3.05, 3.63) is 0 Å². The predicted molar refractivity (Wildman–Crippen MR) is 84.1 cm³/mol. The van der Waals surface area contributed by atoms with Crippen LogP contribution in [0.1, 0.15) is 39.5 Å². The van der Waals surface area contributed by atoms with Gasteiger partial charge in [0.2, 0.25) is 5.91 Å². The summed E-state index contributed by atoms with van der Waals surface area (Å²) >= 11 is 0.